The second-order valence-corrected chi connectivity index (χ2v) is 7.92. The van der Waals surface area contributed by atoms with E-state index >= 15 is 0 Å². The number of rotatable bonds is 5. The number of urea groups is 1. The molecule has 0 bridgehead atoms. The van der Waals surface area contributed by atoms with Crippen molar-refractivity contribution in [2.45, 2.75) is 51.0 Å². The first-order chi connectivity index (χ1) is 13.5. The second kappa shape index (κ2) is 9.02. The van der Waals surface area contributed by atoms with Gasteiger partial charge in [0.2, 0.25) is 6.08 Å². The lowest BCUT2D eigenvalue weighted by molar-refractivity contribution is -0.139. The summed E-state index contributed by atoms with van der Waals surface area (Å²) in [4.78, 5) is 40.3. The number of benzene rings is 1. The Hall–Kier alpha value is -2.66. The molecule has 7 heteroatoms. The number of aliphatic carboxylic acids is 1. The molecule has 1 aliphatic heterocycles. The van der Waals surface area contributed by atoms with Gasteiger partial charge in [0.15, 0.2) is 0 Å². The lowest BCUT2D eigenvalue weighted by Gasteiger charge is -2.38. The van der Waals surface area contributed by atoms with Crippen molar-refractivity contribution >= 4 is 23.8 Å². The number of carbonyl (C=O) groups excluding carboxylic acids is 2. The standard InChI is InChI=1S/C21H27N3O4/c1-14-9-18(20(26)27)17-7-2-3-8-19(17)24(14)21(28)23-12-16-6-4-5-15(10-16)11-22-13-25/h2-3,7-8,14-16,18H,4-6,9-12H2,1H3,(H,23,28)(H,26,27). The number of hydrogen-bond donors (Lipinski definition) is 2. The number of isocyanates is 1. The van der Waals surface area contributed by atoms with Crippen LogP contribution in [-0.4, -0.2) is 42.3 Å². The van der Waals surface area contributed by atoms with Gasteiger partial charge in [-0.15, -0.1) is 0 Å². The van der Waals surface area contributed by atoms with Gasteiger partial charge in [-0.25, -0.2) is 14.6 Å². The summed E-state index contributed by atoms with van der Waals surface area (Å²) in [6.07, 6.45) is 6.13. The fourth-order valence-corrected chi connectivity index (χ4v) is 4.59. The second-order valence-electron chi connectivity index (χ2n) is 7.92. The van der Waals surface area contributed by atoms with Crippen LogP contribution in [0.5, 0.6) is 0 Å². The minimum Gasteiger partial charge on any atom is -0.481 e. The van der Waals surface area contributed by atoms with Crippen LogP contribution in [0.4, 0.5) is 10.5 Å². The van der Waals surface area contributed by atoms with E-state index in [1.54, 1.807) is 17.0 Å². The molecule has 1 fully saturated rings. The first-order valence-electron chi connectivity index (χ1n) is 9.93. The first-order valence-corrected chi connectivity index (χ1v) is 9.93. The van der Waals surface area contributed by atoms with E-state index in [0.29, 0.717) is 42.6 Å². The lowest BCUT2D eigenvalue weighted by Crippen LogP contribution is -2.50. The van der Waals surface area contributed by atoms with Crippen LogP contribution in [0, 0.1) is 11.8 Å². The lowest BCUT2D eigenvalue weighted by atomic mass is 9.81. The molecule has 3 rings (SSSR count). The smallest absolute Gasteiger partial charge is 0.322 e. The maximum atomic E-state index is 12.9. The van der Waals surface area contributed by atoms with Crippen LogP contribution in [-0.2, 0) is 9.59 Å². The number of fused-ring (bicyclic) bond motifs is 1. The molecule has 2 amide bonds. The van der Waals surface area contributed by atoms with E-state index in [1.165, 1.54) is 0 Å². The number of para-hydroxylation sites is 1. The van der Waals surface area contributed by atoms with Crippen molar-refractivity contribution in [1.82, 2.24) is 5.32 Å². The molecule has 0 radical (unpaired) electrons. The zero-order valence-electron chi connectivity index (χ0n) is 16.1. The molecule has 2 aliphatic rings. The van der Waals surface area contributed by atoms with Gasteiger partial charge >= 0.3 is 12.0 Å². The van der Waals surface area contributed by atoms with Gasteiger partial charge in [0.1, 0.15) is 0 Å². The number of amides is 2. The van der Waals surface area contributed by atoms with E-state index in [9.17, 15) is 19.5 Å². The number of aliphatic imine (C=N–C) groups is 1. The average molecular weight is 385 g/mol. The Bertz CT molecular complexity index is 775. The van der Waals surface area contributed by atoms with E-state index in [1.807, 2.05) is 25.1 Å². The molecule has 4 unspecified atom stereocenters. The Morgan fingerprint density at radius 2 is 2.00 bits per heavy atom. The number of nitrogens with zero attached hydrogens (tertiary/aromatic N) is 2. The molecule has 1 aromatic rings. The maximum absolute atomic E-state index is 12.9. The number of anilines is 1. The van der Waals surface area contributed by atoms with Crippen molar-refractivity contribution in [3.8, 4) is 0 Å². The highest BCUT2D eigenvalue weighted by Gasteiger charge is 2.37. The molecule has 1 aromatic carbocycles. The fourth-order valence-electron chi connectivity index (χ4n) is 4.59. The predicted molar refractivity (Wildman–Crippen MR) is 105 cm³/mol. The molecule has 2 N–H and O–H groups in total. The van der Waals surface area contributed by atoms with Crippen LogP contribution < -0.4 is 10.2 Å². The zero-order valence-corrected chi connectivity index (χ0v) is 16.1. The third-order valence-corrected chi connectivity index (χ3v) is 5.95. The van der Waals surface area contributed by atoms with E-state index in [-0.39, 0.29) is 12.1 Å². The van der Waals surface area contributed by atoms with E-state index in [4.69, 9.17) is 0 Å². The summed E-state index contributed by atoms with van der Waals surface area (Å²) in [5.41, 5.74) is 1.36. The largest absolute Gasteiger partial charge is 0.481 e. The Morgan fingerprint density at radius 1 is 1.25 bits per heavy atom. The zero-order chi connectivity index (χ0) is 20.1. The van der Waals surface area contributed by atoms with Crippen molar-refractivity contribution in [1.29, 1.82) is 0 Å². The van der Waals surface area contributed by atoms with Gasteiger partial charge in [0, 0.05) is 18.3 Å². The van der Waals surface area contributed by atoms with Gasteiger partial charge < -0.3 is 10.4 Å². The van der Waals surface area contributed by atoms with E-state index < -0.39 is 11.9 Å². The van der Waals surface area contributed by atoms with Crippen LogP contribution in [0.15, 0.2) is 29.3 Å². The highest BCUT2D eigenvalue weighted by Crippen LogP contribution is 2.38. The molecule has 1 saturated carbocycles. The van der Waals surface area contributed by atoms with Crippen LogP contribution in [0.3, 0.4) is 0 Å². The summed E-state index contributed by atoms with van der Waals surface area (Å²) in [6, 6.07) is 6.86. The van der Waals surface area contributed by atoms with Crippen LogP contribution in [0.2, 0.25) is 0 Å². The van der Waals surface area contributed by atoms with Gasteiger partial charge in [0.25, 0.3) is 0 Å². The summed E-state index contributed by atoms with van der Waals surface area (Å²) >= 11 is 0. The minimum atomic E-state index is -0.856. The number of carbonyl (C=O) groups is 2. The maximum Gasteiger partial charge on any atom is 0.322 e. The van der Waals surface area contributed by atoms with Crippen molar-refractivity contribution in [2.75, 3.05) is 18.0 Å². The van der Waals surface area contributed by atoms with E-state index in [2.05, 4.69) is 10.3 Å². The number of carboxylic acid groups (broad SMARTS) is 1. The monoisotopic (exact) mass is 385 g/mol. The normalized spacial score (nSPS) is 26.7. The molecule has 1 heterocycles. The molecular formula is C21H27N3O4. The van der Waals surface area contributed by atoms with Crippen LogP contribution >= 0.6 is 0 Å². The third-order valence-electron chi connectivity index (χ3n) is 5.95. The topological polar surface area (TPSA) is 99.1 Å². The van der Waals surface area contributed by atoms with Gasteiger partial charge in [0.05, 0.1) is 12.5 Å². The van der Waals surface area contributed by atoms with Crippen molar-refractivity contribution in [2.24, 2.45) is 16.8 Å². The van der Waals surface area contributed by atoms with Gasteiger partial charge in [-0.3, -0.25) is 9.69 Å². The highest BCUT2D eigenvalue weighted by molar-refractivity contribution is 5.96. The molecule has 1 aliphatic carbocycles. The predicted octanol–water partition coefficient (Wildman–Crippen LogP) is 3.31. The quantitative estimate of drug-likeness (QED) is 0.600. The molecular weight excluding hydrogens is 358 g/mol. The number of hydrogen-bond acceptors (Lipinski definition) is 4. The Balaban J connectivity index is 1.66. The van der Waals surface area contributed by atoms with Gasteiger partial charge in [-0.1, -0.05) is 24.6 Å². The summed E-state index contributed by atoms with van der Waals surface area (Å²) in [5, 5.41) is 12.6. The Labute approximate surface area is 164 Å². The third kappa shape index (κ3) is 4.42. The average Bonchev–Trinajstić information content (AvgIpc) is 2.70. The molecule has 0 saturated heterocycles. The Kier molecular flexibility index (Phi) is 6.47. The molecule has 4 atom stereocenters. The SMILES string of the molecule is CC1CC(C(=O)O)c2ccccc2N1C(=O)NCC1CCCC(CN=C=O)C1. The molecule has 0 spiro atoms. The summed E-state index contributed by atoms with van der Waals surface area (Å²) in [5.74, 6) is -0.701. The van der Waals surface area contributed by atoms with Gasteiger partial charge in [-0.05, 0) is 56.1 Å². The molecule has 150 valence electrons. The van der Waals surface area contributed by atoms with Crippen molar-refractivity contribution in [3.05, 3.63) is 29.8 Å². The van der Waals surface area contributed by atoms with E-state index in [0.717, 1.165) is 25.7 Å². The minimum absolute atomic E-state index is 0.183. The molecule has 0 aromatic heterocycles. The number of nitrogens with one attached hydrogen (secondary N) is 1. The van der Waals surface area contributed by atoms with Crippen molar-refractivity contribution < 1.29 is 19.5 Å². The summed E-state index contributed by atoms with van der Waals surface area (Å²) < 4.78 is 0. The summed E-state index contributed by atoms with van der Waals surface area (Å²) in [6.45, 7) is 2.98. The molecule has 28 heavy (non-hydrogen) atoms. The first kappa shape index (κ1) is 20.1. The summed E-state index contributed by atoms with van der Waals surface area (Å²) in [7, 11) is 0. The molecule has 7 nitrogen and oxygen atoms in total. The number of carboxylic acids is 1. The highest BCUT2D eigenvalue weighted by atomic mass is 16.4. The fraction of sp³-hybridized carbons (Fsp3) is 0.571. The van der Waals surface area contributed by atoms with Gasteiger partial charge in [-0.2, -0.15) is 0 Å². The van der Waals surface area contributed by atoms with Crippen LogP contribution in [0.1, 0.15) is 50.5 Å². The van der Waals surface area contributed by atoms with Crippen LogP contribution in [0.25, 0.3) is 0 Å². The van der Waals surface area contributed by atoms with Crippen molar-refractivity contribution in [3.63, 3.8) is 0 Å². The Morgan fingerprint density at radius 3 is 2.75 bits per heavy atom.